The highest BCUT2D eigenvalue weighted by atomic mass is 79.9. The van der Waals surface area contributed by atoms with Crippen LogP contribution in [0.15, 0.2) is 22.7 Å². The Labute approximate surface area is 123 Å². The van der Waals surface area contributed by atoms with Crippen molar-refractivity contribution in [1.29, 1.82) is 0 Å². The number of halogens is 1. The van der Waals surface area contributed by atoms with Crippen LogP contribution in [0.5, 0.6) is 0 Å². The van der Waals surface area contributed by atoms with Gasteiger partial charge in [-0.1, -0.05) is 28.1 Å². The van der Waals surface area contributed by atoms with E-state index >= 15 is 0 Å². The first-order chi connectivity index (χ1) is 9.08. The zero-order chi connectivity index (χ0) is 13.8. The second-order valence-corrected chi connectivity index (χ2v) is 6.18. The Morgan fingerprint density at radius 1 is 1.47 bits per heavy atom. The molecule has 1 aromatic carbocycles. The molecular weight excluding hydrogens is 304 g/mol. The van der Waals surface area contributed by atoms with E-state index in [0.717, 1.165) is 19.4 Å². The van der Waals surface area contributed by atoms with Gasteiger partial charge in [0.05, 0.1) is 0 Å². The van der Waals surface area contributed by atoms with Crippen LogP contribution in [-0.4, -0.2) is 18.5 Å². The number of carbonyl (C=O) groups is 1. The Hall–Kier alpha value is -0.870. The van der Waals surface area contributed by atoms with Crippen molar-refractivity contribution in [2.75, 3.05) is 6.54 Å². The SMILES string of the molecule is CC(C)NC(=O)CCNC1CCc2c(Br)cccc21. The van der Waals surface area contributed by atoms with Gasteiger partial charge in [0.2, 0.25) is 5.91 Å². The van der Waals surface area contributed by atoms with Crippen molar-refractivity contribution in [1.82, 2.24) is 10.6 Å². The fraction of sp³-hybridized carbons (Fsp3) is 0.533. The van der Waals surface area contributed by atoms with Gasteiger partial charge in [0, 0.05) is 29.5 Å². The molecule has 0 saturated heterocycles. The summed E-state index contributed by atoms with van der Waals surface area (Å²) in [5.41, 5.74) is 2.78. The topological polar surface area (TPSA) is 41.1 Å². The third-order valence-electron chi connectivity index (χ3n) is 3.41. The second kappa shape index (κ2) is 6.53. The molecule has 0 bridgehead atoms. The zero-order valence-corrected chi connectivity index (χ0v) is 13.1. The van der Waals surface area contributed by atoms with Gasteiger partial charge in [-0.25, -0.2) is 0 Å². The Morgan fingerprint density at radius 3 is 3.00 bits per heavy atom. The van der Waals surface area contributed by atoms with Gasteiger partial charge >= 0.3 is 0 Å². The molecule has 0 heterocycles. The van der Waals surface area contributed by atoms with Gasteiger partial charge < -0.3 is 10.6 Å². The molecule has 1 amide bonds. The average Bonchev–Trinajstić information content (AvgIpc) is 2.73. The number of rotatable bonds is 5. The fourth-order valence-corrected chi connectivity index (χ4v) is 3.16. The molecule has 1 unspecified atom stereocenters. The minimum Gasteiger partial charge on any atom is -0.354 e. The predicted octanol–water partition coefficient (Wildman–Crippen LogP) is 2.94. The second-order valence-electron chi connectivity index (χ2n) is 5.33. The first-order valence-electron chi connectivity index (χ1n) is 6.88. The summed E-state index contributed by atoms with van der Waals surface area (Å²) >= 11 is 3.60. The molecule has 1 aliphatic carbocycles. The van der Waals surface area contributed by atoms with Crippen LogP contribution in [0.3, 0.4) is 0 Å². The molecule has 0 spiro atoms. The molecule has 4 heteroatoms. The molecule has 0 saturated carbocycles. The molecule has 2 rings (SSSR count). The minimum absolute atomic E-state index is 0.120. The van der Waals surface area contributed by atoms with Crippen molar-refractivity contribution in [3.05, 3.63) is 33.8 Å². The van der Waals surface area contributed by atoms with Crippen molar-refractivity contribution >= 4 is 21.8 Å². The van der Waals surface area contributed by atoms with E-state index in [-0.39, 0.29) is 11.9 Å². The van der Waals surface area contributed by atoms with Crippen LogP contribution in [0.1, 0.15) is 43.9 Å². The highest BCUT2D eigenvalue weighted by molar-refractivity contribution is 9.10. The Balaban J connectivity index is 1.83. The number of hydrogen-bond donors (Lipinski definition) is 2. The number of hydrogen-bond acceptors (Lipinski definition) is 2. The first kappa shape index (κ1) is 14.5. The van der Waals surface area contributed by atoms with Gasteiger partial charge in [-0.3, -0.25) is 4.79 Å². The molecule has 1 aromatic rings. The minimum atomic E-state index is 0.120. The van der Waals surface area contributed by atoms with E-state index in [1.54, 1.807) is 0 Å². The third-order valence-corrected chi connectivity index (χ3v) is 4.15. The molecule has 19 heavy (non-hydrogen) atoms. The lowest BCUT2D eigenvalue weighted by Gasteiger charge is -2.14. The molecule has 0 aromatic heterocycles. The average molecular weight is 325 g/mol. The maximum atomic E-state index is 11.6. The predicted molar refractivity (Wildman–Crippen MR) is 81.1 cm³/mol. The zero-order valence-electron chi connectivity index (χ0n) is 11.5. The van der Waals surface area contributed by atoms with Gasteiger partial charge in [-0.15, -0.1) is 0 Å². The van der Waals surface area contributed by atoms with Crippen LogP contribution < -0.4 is 10.6 Å². The van der Waals surface area contributed by atoms with Gasteiger partial charge in [0.25, 0.3) is 0 Å². The van der Waals surface area contributed by atoms with Crippen molar-refractivity contribution in [3.63, 3.8) is 0 Å². The van der Waals surface area contributed by atoms with E-state index in [1.165, 1.54) is 15.6 Å². The van der Waals surface area contributed by atoms with Gasteiger partial charge in [-0.05, 0) is 43.9 Å². The lowest BCUT2D eigenvalue weighted by molar-refractivity contribution is -0.121. The monoisotopic (exact) mass is 324 g/mol. The smallest absolute Gasteiger partial charge is 0.221 e. The summed E-state index contributed by atoms with van der Waals surface area (Å²) in [6.07, 6.45) is 2.76. The first-order valence-corrected chi connectivity index (χ1v) is 7.67. The molecule has 0 radical (unpaired) electrons. The van der Waals surface area contributed by atoms with Crippen LogP contribution in [0, 0.1) is 0 Å². The molecule has 104 valence electrons. The quantitative estimate of drug-likeness (QED) is 0.874. The number of benzene rings is 1. The molecule has 1 aliphatic rings. The van der Waals surface area contributed by atoms with Gasteiger partial charge in [0.15, 0.2) is 0 Å². The summed E-state index contributed by atoms with van der Waals surface area (Å²) in [5.74, 6) is 0.120. The van der Waals surface area contributed by atoms with E-state index in [2.05, 4.69) is 44.8 Å². The van der Waals surface area contributed by atoms with Crippen molar-refractivity contribution in [2.24, 2.45) is 0 Å². The molecule has 1 atom stereocenters. The summed E-state index contributed by atoms with van der Waals surface area (Å²) in [7, 11) is 0. The number of nitrogens with one attached hydrogen (secondary N) is 2. The fourth-order valence-electron chi connectivity index (χ4n) is 2.58. The molecule has 0 fully saturated rings. The van der Waals surface area contributed by atoms with E-state index in [4.69, 9.17) is 0 Å². The normalized spacial score (nSPS) is 17.6. The van der Waals surface area contributed by atoms with Crippen LogP contribution in [0.25, 0.3) is 0 Å². The summed E-state index contributed by atoms with van der Waals surface area (Å²) in [6, 6.07) is 6.96. The van der Waals surface area contributed by atoms with E-state index < -0.39 is 0 Å². The van der Waals surface area contributed by atoms with Crippen LogP contribution in [0.4, 0.5) is 0 Å². The number of carbonyl (C=O) groups excluding carboxylic acids is 1. The molecule has 0 aliphatic heterocycles. The van der Waals surface area contributed by atoms with Crippen LogP contribution in [-0.2, 0) is 11.2 Å². The maximum Gasteiger partial charge on any atom is 0.221 e. The van der Waals surface area contributed by atoms with Crippen molar-refractivity contribution in [3.8, 4) is 0 Å². The van der Waals surface area contributed by atoms with Crippen molar-refractivity contribution < 1.29 is 4.79 Å². The summed E-state index contributed by atoms with van der Waals surface area (Å²) in [6.45, 7) is 4.70. The summed E-state index contributed by atoms with van der Waals surface area (Å²) in [4.78, 5) is 11.6. The molecule has 3 nitrogen and oxygen atoms in total. The standard InChI is InChI=1S/C15H21BrN2O/c1-10(2)18-15(19)8-9-17-14-7-6-11-12(14)4-3-5-13(11)16/h3-5,10,14,17H,6-9H2,1-2H3,(H,18,19). The van der Waals surface area contributed by atoms with Crippen LogP contribution >= 0.6 is 15.9 Å². The lowest BCUT2D eigenvalue weighted by Crippen LogP contribution is -2.33. The molecular formula is C15H21BrN2O. The highest BCUT2D eigenvalue weighted by Crippen LogP contribution is 2.35. The van der Waals surface area contributed by atoms with E-state index in [1.807, 2.05) is 13.8 Å². The van der Waals surface area contributed by atoms with Gasteiger partial charge in [0.1, 0.15) is 0 Å². The van der Waals surface area contributed by atoms with Crippen molar-refractivity contribution in [2.45, 2.75) is 45.2 Å². The lowest BCUT2D eigenvalue weighted by atomic mass is 10.1. The molecule has 2 N–H and O–H groups in total. The Kier molecular flexibility index (Phi) is 4.99. The summed E-state index contributed by atoms with van der Waals surface area (Å²) < 4.78 is 1.20. The van der Waals surface area contributed by atoms with Crippen LogP contribution in [0.2, 0.25) is 0 Å². The number of amides is 1. The maximum absolute atomic E-state index is 11.6. The van der Waals surface area contributed by atoms with E-state index in [9.17, 15) is 4.79 Å². The van der Waals surface area contributed by atoms with E-state index in [0.29, 0.717) is 12.5 Å². The van der Waals surface area contributed by atoms with Gasteiger partial charge in [-0.2, -0.15) is 0 Å². The largest absolute Gasteiger partial charge is 0.354 e. The summed E-state index contributed by atoms with van der Waals surface area (Å²) in [5, 5.41) is 6.40. The number of fused-ring (bicyclic) bond motifs is 1. The highest BCUT2D eigenvalue weighted by Gasteiger charge is 2.23. The third kappa shape index (κ3) is 3.80. The Morgan fingerprint density at radius 2 is 2.26 bits per heavy atom. The Bertz CT molecular complexity index is 459.